The minimum atomic E-state index is -1.00. The Morgan fingerprint density at radius 3 is 2.21 bits per heavy atom. The summed E-state index contributed by atoms with van der Waals surface area (Å²) in [5.74, 6) is -0.640. The molecule has 82 valence electrons. The number of thiol groups is 1. The van der Waals surface area contributed by atoms with Crippen LogP contribution < -0.4 is 5.32 Å². The standard InChI is InChI=1S/C8H15NO4S/c1-8(2,3)13-7(11)9-5(14)6(10)12-4/h5,14H,1-4H3,(H,9,11)/t5-/m0/s1. The molecule has 0 radical (unpaired) electrons. The van der Waals surface area contributed by atoms with Crippen LogP contribution in [0, 0.1) is 0 Å². The first-order valence-corrected chi connectivity index (χ1v) is 4.53. The summed E-state index contributed by atoms with van der Waals surface area (Å²) in [7, 11) is 1.21. The fourth-order valence-corrected chi connectivity index (χ4v) is 0.801. The molecule has 1 atom stereocenters. The van der Waals surface area contributed by atoms with E-state index in [0.29, 0.717) is 0 Å². The average molecular weight is 221 g/mol. The van der Waals surface area contributed by atoms with Crippen molar-refractivity contribution in [3.05, 3.63) is 0 Å². The average Bonchev–Trinajstić information content (AvgIpc) is 1.99. The maximum Gasteiger partial charge on any atom is 0.409 e. The molecule has 0 saturated carbocycles. The van der Waals surface area contributed by atoms with Crippen LogP contribution in [-0.4, -0.2) is 30.1 Å². The van der Waals surface area contributed by atoms with Gasteiger partial charge in [0.1, 0.15) is 5.60 Å². The Hall–Kier alpha value is -0.910. The summed E-state index contributed by atoms with van der Waals surface area (Å²) >= 11 is 3.81. The third kappa shape index (κ3) is 5.69. The van der Waals surface area contributed by atoms with Gasteiger partial charge in [-0.15, -0.1) is 12.6 Å². The van der Waals surface area contributed by atoms with Gasteiger partial charge in [-0.25, -0.2) is 9.59 Å². The lowest BCUT2D eigenvalue weighted by atomic mass is 10.2. The molecule has 1 amide bonds. The molecule has 0 saturated heterocycles. The predicted octanol–water partition coefficient (Wildman–Crippen LogP) is 0.940. The Bertz CT molecular complexity index is 224. The highest BCUT2D eigenvalue weighted by molar-refractivity contribution is 7.81. The van der Waals surface area contributed by atoms with Crippen LogP contribution in [0.15, 0.2) is 0 Å². The van der Waals surface area contributed by atoms with Gasteiger partial charge in [0.05, 0.1) is 7.11 Å². The van der Waals surface area contributed by atoms with E-state index in [1.165, 1.54) is 7.11 Å². The maximum absolute atomic E-state index is 11.1. The number of methoxy groups -OCH3 is 1. The monoisotopic (exact) mass is 221 g/mol. The van der Waals surface area contributed by atoms with Crippen LogP contribution in [0.2, 0.25) is 0 Å². The van der Waals surface area contributed by atoms with E-state index in [1.807, 2.05) is 0 Å². The first-order valence-electron chi connectivity index (χ1n) is 4.01. The van der Waals surface area contributed by atoms with E-state index in [0.717, 1.165) is 0 Å². The Kier molecular flexibility index (Phi) is 4.76. The normalized spacial score (nSPS) is 12.9. The van der Waals surface area contributed by atoms with Gasteiger partial charge < -0.3 is 9.47 Å². The molecule has 0 bridgehead atoms. The van der Waals surface area contributed by atoms with Crippen molar-refractivity contribution >= 4 is 24.7 Å². The van der Waals surface area contributed by atoms with E-state index in [2.05, 4.69) is 22.7 Å². The molecule has 6 heteroatoms. The van der Waals surface area contributed by atoms with Crippen molar-refractivity contribution in [1.82, 2.24) is 5.32 Å². The number of amides is 1. The van der Waals surface area contributed by atoms with Gasteiger partial charge in [0.25, 0.3) is 0 Å². The third-order valence-electron chi connectivity index (χ3n) is 1.08. The second kappa shape index (κ2) is 5.09. The molecule has 0 aromatic rings. The van der Waals surface area contributed by atoms with Crippen molar-refractivity contribution < 1.29 is 19.1 Å². The molecular formula is C8H15NO4S. The summed E-state index contributed by atoms with van der Waals surface area (Å²) in [5, 5.41) is 1.21. The summed E-state index contributed by atoms with van der Waals surface area (Å²) in [6.07, 6.45) is -0.706. The lowest BCUT2D eigenvalue weighted by Crippen LogP contribution is -2.40. The first-order chi connectivity index (χ1) is 6.26. The molecule has 0 heterocycles. The Morgan fingerprint density at radius 1 is 1.36 bits per heavy atom. The topological polar surface area (TPSA) is 64.6 Å². The van der Waals surface area contributed by atoms with Crippen molar-refractivity contribution in [1.29, 1.82) is 0 Å². The smallest absolute Gasteiger partial charge is 0.409 e. The highest BCUT2D eigenvalue weighted by Crippen LogP contribution is 2.07. The Morgan fingerprint density at radius 2 is 1.86 bits per heavy atom. The first kappa shape index (κ1) is 13.1. The molecule has 1 N–H and O–H groups in total. The predicted molar refractivity (Wildman–Crippen MR) is 54.2 cm³/mol. The van der Waals surface area contributed by atoms with Crippen molar-refractivity contribution in [2.45, 2.75) is 31.7 Å². The number of esters is 1. The molecule has 0 aliphatic carbocycles. The van der Waals surface area contributed by atoms with E-state index in [-0.39, 0.29) is 0 Å². The quantitative estimate of drug-likeness (QED) is 0.414. The van der Waals surface area contributed by atoms with Gasteiger partial charge in [-0.2, -0.15) is 0 Å². The van der Waals surface area contributed by atoms with E-state index in [1.54, 1.807) is 20.8 Å². The van der Waals surface area contributed by atoms with E-state index >= 15 is 0 Å². The minimum absolute atomic E-state index is 0.603. The summed E-state index contributed by atoms with van der Waals surface area (Å²) < 4.78 is 9.25. The summed E-state index contributed by atoms with van der Waals surface area (Å²) in [6, 6.07) is 0. The van der Waals surface area contributed by atoms with Gasteiger partial charge in [0.15, 0.2) is 5.37 Å². The van der Waals surface area contributed by atoms with Gasteiger partial charge in [-0.3, -0.25) is 5.32 Å². The van der Waals surface area contributed by atoms with E-state index in [4.69, 9.17) is 4.74 Å². The molecule has 0 rings (SSSR count). The van der Waals surface area contributed by atoms with Crippen LogP contribution >= 0.6 is 12.6 Å². The molecule has 0 aromatic carbocycles. The molecular weight excluding hydrogens is 206 g/mol. The van der Waals surface area contributed by atoms with Crippen molar-refractivity contribution in [3.8, 4) is 0 Å². The molecule has 0 aromatic heterocycles. The zero-order valence-corrected chi connectivity index (χ0v) is 9.55. The zero-order valence-electron chi connectivity index (χ0n) is 8.66. The lowest BCUT2D eigenvalue weighted by molar-refractivity contribution is -0.140. The fraction of sp³-hybridized carbons (Fsp3) is 0.750. The van der Waals surface area contributed by atoms with Crippen LogP contribution in [0.5, 0.6) is 0 Å². The summed E-state index contributed by atoms with van der Waals surface area (Å²) in [6.45, 7) is 5.16. The largest absolute Gasteiger partial charge is 0.467 e. The van der Waals surface area contributed by atoms with Crippen LogP contribution in [0.3, 0.4) is 0 Å². The van der Waals surface area contributed by atoms with Gasteiger partial charge in [0, 0.05) is 0 Å². The van der Waals surface area contributed by atoms with Crippen molar-refractivity contribution in [2.75, 3.05) is 7.11 Å². The van der Waals surface area contributed by atoms with Crippen LogP contribution in [0.4, 0.5) is 4.79 Å². The van der Waals surface area contributed by atoms with E-state index in [9.17, 15) is 9.59 Å². The lowest BCUT2D eigenvalue weighted by Gasteiger charge is -2.20. The number of carbonyl (C=O) groups excluding carboxylic acids is 2. The van der Waals surface area contributed by atoms with Gasteiger partial charge in [-0.05, 0) is 20.8 Å². The maximum atomic E-state index is 11.1. The number of nitrogens with one attached hydrogen (secondary N) is 1. The second-order valence-corrected chi connectivity index (χ2v) is 4.09. The SMILES string of the molecule is COC(=O)[C@H](S)NC(=O)OC(C)(C)C. The van der Waals surface area contributed by atoms with Crippen LogP contribution in [0.25, 0.3) is 0 Å². The molecule has 14 heavy (non-hydrogen) atoms. The minimum Gasteiger partial charge on any atom is -0.467 e. The molecule has 0 aliphatic rings. The number of hydrogen-bond acceptors (Lipinski definition) is 5. The van der Waals surface area contributed by atoms with E-state index < -0.39 is 23.0 Å². The molecule has 5 nitrogen and oxygen atoms in total. The second-order valence-electron chi connectivity index (χ2n) is 3.57. The van der Waals surface area contributed by atoms with Gasteiger partial charge in [-0.1, -0.05) is 0 Å². The number of carbonyl (C=O) groups is 2. The summed E-state index contributed by atoms with van der Waals surface area (Å²) in [5.41, 5.74) is -0.603. The molecule has 0 unspecified atom stereocenters. The number of ether oxygens (including phenoxy) is 2. The van der Waals surface area contributed by atoms with Crippen molar-refractivity contribution in [3.63, 3.8) is 0 Å². The van der Waals surface area contributed by atoms with Gasteiger partial charge in [0.2, 0.25) is 0 Å². The molecule has 0 spiro atoms. The highest BCUT2D eigenvalue weighted by Gasteiger charge is 2.21. The number of hydrogen-bond donors (Lipinski definition) is 2. The Balaban J connectivity index is 4.01. The van der Waals surface area contributed by atoms with Crippen LogP contribution in [0.1, 0.15) is 20.8 Å². The number of rotatable bonds is 2. The Labute approximate surface area is 88.5 Å². The van der Waals surface area contributed by atoms with Crippen molar-refractivity contribution in [2.24, 2.45) is 0 Å². The fourth-order valence-electron chi connectivity index (χ4n) is 0.590. The third-order valence-corrected chi connectivity index (χ3v) is 1.42. The summed E-state index contributed by atoms with van der Waals surface area (Å²) in [4.78, 5) is 21.9. The van der Waals surface area contributed by atoms with Crippen LogP contribution in [-0.2, 0) is 14.3 Å². The number of alkyl carbamates (subject to hydrolysis) is 1. The zero-order chi connectivity index (χ0) is 11.4. The molecule has 0 fully saturated rings. The molecule has 0 aliphatic heterocycles. The highest BCUT2D eigenvalue weighted by atomic mass is 32.1. The van der Waals surface area contributed by atoms with Gasteiger partial charge >= 0.3 is 12.1 Å².